The largest absolute Gasteiger partial charge is 0.465 e. The first kappa shape index (κ1) is 10.0. The summed E-state index contributed by atoms with van der Waals surface area (Å²) in [6.45, 7) is 4.57. The fraction of sp³-hybridized carbons (Fsp3) is 0.600. The number of amides is 1. The molecule has 1 amide bonds. The molecule has 5 heteroatoms. The molecule has 1 aliphatic rings. The second-order valence-corrected chi connectivity index (χ2v) is 4.24. The van der Waals surface area contributed by atoms with E-state index in [1.165, 1.54) is 4.90 Å². The Morgan fingerprint density at radius 3 is 3.00 bits per heavy atom. The summed E-state index contributed by atoms with van der Waals surface area (Å²) in [5, 5.41) is 9.05. The maximum Gasteiger partial charge on any atom is 0.407 e. The lowest BCUT2D eigenvalue weighted by molar-refractivity contribution is 0.138. The van der Waals surface area contributed by atoms with Gasteiger partial charge < -0.3 is 10.1 Å². The van der Waals surface area contributed by atoms with Crippen LogP contribution in [0.5, 0.6) is 0 Å². The summed E-state index contributed by atoms with van der Waals surface area (Å²) in [5.41, 5.74) is 0.967. The maximum absolute atomic E-state index is 11.0. The third-order valence-electron chi connectivity index (χ3n) is 2.79. The molecule has 5 nitrogen and oxygen atoms in total. The Morgan fingerprint density at radius 1 is 1.73 bits per heavy atom. The number of aromatic amines is 1. The minimum absolute atomic E-state index is 0.105. The highest BCUT2D eigenvalue weighted by Crippen LogP contribution is 2.33. The van der Waals surface area contributed by atoms with E-state index in [0.29, 0.717) is 12.5 Å². The number of aryl methyl sites for hydroxylation is 1. The van der Waals surface area contributed by atoms with Crippen LogP contribution in [-0.4, -0.2) is 32.6 Å². The fourth-order valence-electron chi connectivity index (χ4n) is 2.12. The molecule has 2 atom stereocenters. The molecule has 2 heterocycles. The van der Waals surface area contributed by atoms with E-state index >= 15 is 0 Å². The third kappa shape index (κ3) is 1.82. The van der Waals surface area contributed by atoms with E-state index in [4.69, 9.17) is 5.11 Å². The number of aromatic nitrogens is 2. The molecule has 1 aromatic rings. The number of carbonyl (C=O) groups is 1. The average molecular weight is 209 g/mol. The molecule has 1 saturated heterocycles. The van der Waals surface area contributed by atoms with Gasteiger partial charge in [-0.2, -0.15) is 0 Å². The van der Waals surface area contributed by atoms with Gasteiger partial charge in [-0.3, -0.25) is 4.90 Å². The SMILES string of the molecule is Cc1cnc([C@@H]2CC(C)CN2C(=O)O)[nH]1. The molecule has 82 valence electrons. The van der Waals surface area contributed by atoms with E-state index in [9.17, 15) is 4.79 Å². The molecule has 2 rings (SSSR count). The van der Waals surface area contributed by atoms with Gasteiger partial charge in [0.1, 0.15) is 5.82 Å². The van der Waals surface area contributed by atoms with Crippen LogP contribution in [0.1, 0.15) is 30.9 Å². The Hall–Kier alpha value is -1.52. The zero-order valence-corrected chi connectivity index (χ0v) is 8.90. The van der Waals surface area contributed by atoms with Crippen molar-refractivity contribution in [1.29, 1.82) is 0 Å². The van der Waals surface area contributed by atoms with Gasteiger partial charge in [-0.25, -0.2) is 9.78 Å². The van der Waals surface area contributed by atoms with Gasteiger partial charge in [0, 0.05) is 18.4 Å². The summed E-state index contributed by atoms with van der Waals surface area (Å²) >= 11 is 0. The van der Waals surface area contributed by atoms with Crippen LogP contribution in [0.15, 0.2) is 6.20 Å². The zero-order chi connectivity index (χ0) is 11.0. The van der Waals surface area contributed by atoms with Gasteiger partial charge in [-0.1, -0.05) is 6.92 Å². The number of nitrogens with zero attached hydrogens (tertiary/aromatic N) is 2. The van der Waals surface area contributed by atoms with Crippen molar-refractivity contribution in [2.24, 2.45) is 5.92 Å². The Balaban J connectivity index is 2.24. The van der Waals surface area contributed by atoms with Crippen molar-refractivity contribution in [2.45, 2.75) is 26.3 Å². The lowest BCUT2D eigenvalue weighted by Crippen LogP contribution is -2.29. The minimum atomic E-state index is -0.863. The van der Waals surface area contributed by atoms with Crippen LogP contribution in [0.2, 0.25) is 0 Å². The molecule has 0 aromatic carbocycles. The summed E-state index contributed by atoms with van der Waals surface area (Å²) < 4.78 is 0. The van der Waals surface area contributed by atoms with Crippen LogP contribution in [-0.2, 0) is 0 Å². The molecule has 15 heavy (non-hydrogen) atoms. The summed E-state index contributed by atoms with van der Waals surface area (Å²) in [6.07, 6.45) is 1.72. The van der Waals surface area contributed by atoms with E-state index in [1.807, 2.05) is 6.92 Å². The summed E-state index contributed by atoms with van der Waals surface area (Å²) in [5.74, 6) is 1.16. The van der Waals surface area contributed by atoms with E-state index < -0.39 is 6.09 Å². The van der Waals surface area contributed by atoms with Crippen LogP contribution in [0, 0.1) is 12.8 Å². The van der Waals surface area contributed by atoms with E-state index in [-0.39, 0.29) is 6.04 Å². The van der Waals surface area contributed by atoms with Crippen molar-refractivity contribution in [3.8, 4) is 0 Å². The number of rotatable bonds is 1. The molecular weight excluding hydrogens is 194 g/mol. The van der Waals surface area contributed by atoms with Crippen LogP contribution < -0.4 is 0 Å². The number of H-pyrrole nitrogens is 1. The smallest absolute Gasteiger partial charge is 0.407 e. The minimum Gasteiger partial charge on any atom is -0.465 e. The Kier molecular flexibility index (Phi) is 2.38. The molecular formula is C10H15N3O2. The highest BCUT2D eigenvalue weighted by molar-refractivity contribution is 5.66. The maximum atomic E-state index is 11.0. The van der Waals surface area contributed by atoms with Crippen molar-refractivity contribution in [2.75, 3.05) is 6.54 Å². The number of hydrogen-bond donors (Lipinski definition) is 2. The number of imidazole rings is 1. The van der Waals surface area contributed by atoms with Crippen molar-refractivity contribution in [1.82, 2.24) is 14.9 Å². The first-order valence-electron chi connectivity index (χ1n) is 5.09. The van der Waals surface area contributed by atoms with Gasteiger partial charge in [0.2, 0.25) is 0 Å². The van der Waals surface area contributed by atoms with Gasteiger partial charge in [0.15, 0.2) is 0 Å². The lowest BCUT2D eigenvalue weighted by Gasteiger charge is -2.19. The van der Waals surface area contributed by atoms with Gasteiger partial charge in [-0.05, 0) is 19.3 Å². The second-order valence-electron chi connectivity index (χ2n) is 4.24. The predicted octanol–water partition coefficient (Wildman–Crippen LogP) is 1.78. The number of nitrogens with one attached hydrogen (secondary N) is 1. The van der Waals surface area contributed by atoms with Crippen molar-refractivity contribution >= 4 is 6.09 Å². The van der Waals surface area contributed by atoms with Crippen LogP contribution in [0.3, 0.4) is 0 Å². The zero-order valence-electron chi connectivity index (χ0n) is 8.90. The first-order valence-corrected chi connectivity index (χ1v) is 5.09. The summed E-state index contributed by atoms with van der Waals surface area (Å²) in [4.78, 5) is 19.8. The normalized spacial score (nSPS) is 25.9. The topological polar surface area (TPSA) is 69.2 Å². The Bertz CT molecular complexity index is 374. The van der Waals surface area contributed by atoms with E-state index in [0.717, 1.165) is 17.9 Å². The highest BCUT2D eigenvalue weighted by atomic mass is 16.4. The predicted molar refractivity (Wildman–Crippen MR) is 54.6 cm³/mol. The molecule has 2 N–H and O–H groups in total. The molecule has 1 unspecified atom stereocenters. The first-order chi connectivity index (χ1) is 7.08. The molecule has 1 fully saturated rings. The van der Waals surface area contributed by atoms with E-state index in [2.05, 4.69) is 16.9 Å². The van der Waals surface area contributed by atoms with Gasteiger partial charge in [-0.15, -0.1) is 0 Å². The van der Waals surface area contributed by atoms with Crippen LogP contribution >= 0.6 is 0 Å². The number of likely N-dealkylation sites (tertiary alicyclic amines) is 1. The highest BCUT2D eigenvalue weighted by Gasteiger charge is 2.35. The van der Waals surface area contributed by atoms with Crippen molar-refractivity contribution < 1.29 is 9.90 Å². The van der Waals surface area contributed by atoms with Gasteiger partial charge in [0.05, 0.1) is 6.04 Å². The number of carboxylic acid groups (broad SMARTS) is 1. The molecule has 1 aliphatic heterocycles. The van der Waals surface area contributed by atoms with Crippen molar-refractivity contribution in [3.63, 3.8) is 0 Å². The molecule has 0 bridgehead atoms. The molecule has 0 saturated carbocycles. The van der Waals surface area contributed by atoms with Crippen LogP contribution in [0.4, 0.5) is 4.79 Å². The Morgan fingerprint density at radius 2 is 2.47 bits per heavy atom. The molecule has 1 aromatic heterocycles. The van der Waals surface area contributed by atoms with Crippen LogP contribution in [0.25, 0.3) is 0 Å². The lowest BCUT2D eigenvalue weighted by atomic mass is 10.1. The van der Waals surface area contributed by atoms with Gasteiger partial charge in [0.25, 0.3) is 0 Å². The summed E-state index contributed by atoms with van der Waals surface area (Å²) in [7, 11) is 0. The number of hydrogen-bond acceptors (Lipinski definition) is 2. The van der Waals surface area contributed by atoms with Crippen molar-refractivity contribution in [3.05, 3.63) is 17.7 Å². The average Bonchev–Trinajstić information content (AvgIpc) is 2.71. The molecule has 0 aliphatic carbocycles. The quantitative estimate of drug-likeness (QED) is 0.740. The monoisotopic (exact) mass is 209 g/mol. The van der Waals surface area contributed by atoms with Gasteiger partial charge >= 0.3 is 6.09 Å². The summed E-state index contributed by atoms with van der Waals surface area (Å²) in [6, 6.07) is -0.105. The molecule has 0 radical (unpaired) electrons. The Labute approximate surface area is 88.1 Å². The second kappa shape index (κ2) is 3.56. The standard InChI is InChI=1S/C10H15N3O2/c1-6-3-8(13(5-6)10(14)15)9-11-4-7(2)12-9/h4,6,8H,3,5H2,1-2H3,(H,11,12)(H,14,15)/t6?,8-/m0/s1. The van der Waals surface area contributed by atoms with E-state index in [1.54, 1.807) is 6.20 Å². The fourth-order valence-corrected chi connectivity index (χ4v) is 2.12. The molecule has 0 spiro atoms. The third-order valence-corrected chi connectivity index (χ3v) is 2.79.